The molecule has 0 atom stereocenters. The lowest BCUT2D eigenvalue weighted by Crippen LogP contribution is -2.17. The Morgan fingerprint density at radius 1 is 0.905 bits per heavy atom. The first-order valence-corrected chi connectivity index (χ1v) is 6.39. The Bertz CT molecular complexity index is 671. The molecule has 2 rings (SSSR count). The molecule has 1 aliphatic carbocycles. The molecule has 0 radical (unpaired) electrons. The van der Waals surface area contributed by atoms with Crippen LogP contribution in [0.25, 0.3) is 0 Å². The Kier molecular flexibility index (Phi) is 3.10. The van der Waals surface area contributed by atoms with Crippen LogP contribution in [0.15, 0.2) is 24.3 Å². The van der Waals surface area contributed by atoms with Crippen LogP contribution in [0.4, 0.5) is 0 Å². The topological polar surface area (TPSA) is 104 Å². The summed E-state index contributed by atoms with van der Waals surface area (Å²) < 4.78 is 5.09. The number of rotatable bonds is 3. The molecule has 0 aromatic heterocycles. The lowest BCUT2D eigenvalue weighted by atomic mass is 9.83. The molecule has 0 unspecified atom stereocenters. The normalized spacial score (nSPS) is 19.1. The number of methoxy groups -OCH3 is 1. The maximum atomic E-state index is 9.48. The lowest BCUT2D eigenvalue weighted by molar-refractivity contribution is 0.414. The quantitative estimate of drug-likeness (QED) is 0.843. The van der Waals surface area contributed by atoms with Crippen molar-refractivity contribution in [3.8, 4) is 30.0 Å². The number of hydrogen-bond donors (Lipinski definition) is 0. The average molecular weight is 276 g/mol. The molecule has 0 saturated heterocycles. The first-order chi connectivity index (χ1) is 10.1. The van der Waals surface area contributed by atoms with Crippen molar-refractivity contribution in [1.82, 2.24) is 0 Å². The van der Waals surface area contributed by atoms with Gasteiger partial charge in [-0.1, -0.05) is 19.1 Å². The maximum Gasteiger partial charge on any atom is 0.188 e. The highest BCUT2D eigenvalue weighted by molar-refractivity contribution is 5.65. The zero-order valence-corrected chi connectivity index (χ0v) is 11.7. The van der Waals surface area contributed by atoms with Crippen LogP contribution in [0, 0.1) is 56.2 Å². The van der Waals surface area contributed by atoms with Gasteiger partial charge in [-0.15, -0.1) is 0 Å². The monoisotopic (exact) mass is 276 g/mol. The minimum Gasteiger partial charge on any atom is -0.497 e. The fourth-order valence-electron chi connectivity index (χ4n) is 3.44. The second-order valence-electron chi connectivity index (χ2n) is 4.93. The van der Waals surface area contributed by atoms with Gasteiger partial charge in [-0.05, 0) is 24.1 Å². The maximum absolute atomic E-state index is 9.48. The Hall–Kier alpha value is -3.02. The standard InChI is InChI=1S/C16H12N4O/c1-3-16(12-4-6-13(21-2)7-5-12)14(8-17,9-18)15(16,10-19)11-20/h4-7H,3H2,1-2H3. The molecule has 1 aromatic rings. The molecule has 1 aromatic carbocycles. The van der Waals surface area contributed by atoms with Crippen LogP contribution >= 0.6 is 0 Å². The first-order valence-electron chi connectivity index (χ1n) is 6.39. The lowest BCUT2D eigenvalue weighted by Gasteiger charge is -2.16. The molecule has 21 heavy (non-hydrogen) atoms. The molecule has 1 fully saturated rings. The Balaban J connectivity index is 2.73. The van der Waals surface area contributed by atoms with E-state index in [1.165, 1.54) is 7.11 Å². The van der Waals surface area contributed by atoms with Crippen LogP contribution in [0.5, 0.6) is 5.75 Å². The van der Waals surface area contributed by atoms with E-state index in [4.69, 9.17) is 4.74 Å². The highest BCUT2D eigenvalue weighted by Crippen LogP contribution is 2.79. The van der Waals surface area contributed by atoms with Gasteiger partial charge in [-0.3, -0.25) is 0 Å². The van der Waals surface area contributed by atoms with Gasteiger partial charge in [-0.2, -0.15) is 21.0 Å². The summed E-state index contributed by atoms with van der Waals surface area (Å²) in [7, 11) is 1.53. The van der Waals surface area contributed by atoms with Gasteiger partial charge >= 0.3 is 0 Å². The van der Waals surface area contributed by atoms with Crippen molar-refractivity contribution in [2.75, 3.05) is 7.11 Å². The van der Waals surface area contributed by atoms with Crippen LogP contribution < -0.4 is 4.74 Å². The Morgan fingerprint density at radius 2 is 1.33 bits per heavy atom. The van der Waals surface area contributed by atoms with E-state index in [1.807, 2.05) is 24.3 Å². The fourth-order valence-corrected chi connectivity index (χ4v) is 3.44. The first kappa shape index (κ1) is 14.4. The largest absolute Gasteiger partial charge is 0.497 e. The van der Waals surface area contributed by atoms with E-state index in [0.717, 1.165) is 0 Å². The fraction of sp³-hybridized carbons (Fsp3) is 0.375. The van der Waals surface area contributed by atoms with E-state index in [1.54, 1.807) is 31.2 Å². The number of benzene rings is 1. The molecule has 102 valence electrons. The summed E-state index contributed by atoms with van der Waals surface area (Å²) in [6.45, 7) is 1.78. The Morgan fingerprint density at radius 3 is 1.62 bits per heavy atom. The second-order valence-corrected chi connectivity index (χ2v) is 4.93. The van der Waals surface area contributed by atoms with E-state index in [9.17, 15) is 21.0 Å². The third-order valence-corrected chi connectivity index (χ3v) is 4.56. The van der Waals surface area contributed by atoms with Crippen LogP contribution in [-0.2, 0) is 5.41 Å². The van der Waals surface area contributed by atoms with Crippen molar-refractivity contribution in [2.45, 2.75) is 18.8 Å². The van der Waals surface area contributed by atoms with Gasteiger partial charge in [0, 0.05) is 0 Å². The van der Waals surface area contributed by atoms with E-state index >= 15 is 0 Å². The summed E-state index contributed by atoms with van der Waals surface area (Å²) in [5.74, 6) is 0.629. The molecule has 5 heteroatoms. The van der Waals surface area contributed by atoms with Crippen molar-refractivity contribution < 1.29 is 4.74 Å². The van der Waals surface area contributed by atoms with E-state index < -0.39 is 16.2 Å². The highest BCUT2D eigenvalue weighted by Gasteiger charge is 2.91. The number of hydrogen-bond acceptors (Lipinski definition) is 5. The molecule has 0 spiro atoms. The van der Waals surface area contributed by atoms with Gasteiger partial charge in [0.1, 0.15) is 5.75 Å². The van der Waals surface area contributed by atoms with Crippen molar-refractivity contribution in [2.24, 2.45) is 10.8 Å². The number of nitriles is 4. The van der Waals surface area contributed by atoms with E-state index in [2.05, 4.69) is 0 Å². The second kappa shape index (κ2) is 4.52. The summed E-state index contributed by atoms with van der Waals surface area (Å²) in [6, 6.07) is 14.5. The van der Waals surface area contributed by atoms with Gasteiger partial charge in [-0.25, -0.2) is 0 Å². The summed E-state index contributed by atoms with van der Waals surface area (Å²) in [6.07, 6.45) is 0.349. The van der Waals surface area contributed by atoms with Crippen LogP contribution in [0.2, 0.25) is 0 Å². The predicted molar refractivity (Wildman–Crippen MR) is 72.3 cm³/mol. The Labute approximate surface area is 123 Å². The minimum atomic E-state index is -1.65. The van der Waals surface area contributed by atoms with Crippen molar-refractivity contribution >= 4 is 0 Å². The molecular weight excluding hydrogens is 264 g/mol. The van der Waals surface area contributed by atoms with Gasteiger partial charge in [0.25, 0.3) is 0 Å². The summed E-state index contributed by atoms with van der Waals surface area (Å²) in [5.41, 5.74) is -3.75. The predicted octanol–water partition coefficient (Wildman–Crippen LogP) is 2.42. The molecule has 1 aliphatic rings. The number of nitrogens with zero attached hydrogens (tertiary/aromatic N) is 4. The average Bonchev–Trinajstić information content (AvgIpc) is 3.11. The van der Waals surface area contributed by atoms with E-state index in [-0.39, 0.29) is 0 Å². The molecular formula is C16H12N4O. The van der Waals surface area contributed by atoms with Gasteiger partial charge in [0.2, 0.25) is 0 Å². The number of ether oxygens (including phenoxy) is 1. The molecule has 5 nitrogen and oxygen atoms in total. The van der Waals surface area contributed by atoms with E-state index in [0.29, 0.717) is 17.7 Å². The SMILES string of the molecule is CCC1(c2ccc(OC)cc2)C(C#N)(C#N)C1(C#N)C#N. The van der Waals surface area contributed by atoms with Crippen LogP contribution in [-0.4, -0.2) is 7.11 Å². The van der Waals surface area contributed by atoms with Crippen molar-refractivity contribution in [3.05, 3.63) is 29.8 Å². The zero-order chi connectivity index (χ0) is 15.7. The molecule has 0 N–H and O–H groups in total. The summed E-state index contributed by atoms with van der Waals surface area (Å²) >= 11 is 0. The molecule has 0 aliphatic heterocycles. The van der Waals surface area contributed by atoms with Crippen molar-refractivity contribution in [3.63, 3.8) is 0 Å². The third-order valence-electron chi connectivity index (χ3n) is 4.56. The minimum absolute atomic E-state index is 0.349. The summed E-state index contributed by atoms with van der Waals surface area (Å²) in [4.78, 5) is 0. The van der Waals surface area contributed by atoms with Crippen LogP contribution in [0.3, 0.4) is 0 Å². The molecule has 1 saturated carbocycles. The smallest absolute Gasteiger partial charge is 0.188 e. The van der Waals surface area contributed by atoms with Gasteiger partial charge in [0.15, 0.2) is 10.8 Å². The zero-order valence-electron chi connectivity index (χ0n) is 11.7. The van der Waals surface area contributed by atoms with Crippen LogP contribution in [0.1, 0.15) is 18.9 Å². The highest BCUT2D eigenvalue weighted by atomic mass is 16.5. The molecule has 0 amide bonds. The van der Waals surface area contributed by atoms with Gasteiger partial charge < -0.3 is 4.74 Å². The summed E-state index contributed by atoms with van der Waals surface area (Å²) in [5, 5.41) is 37.9. The van der Waals surface area contributed by atoms with Gasteiger partial charge in [0.05, 0.1) is 36.8 Å². The molecule has 0 bridgehead atoms. The molecule has 0 heterocycles. The third kappa shape index (κ3) is 1.26. The van der Waals surface area contributed by atoms with Crippen molar-refractivity contribution in [1.29, 1.82) is 21.0 Å².